The van der Waals surface area contributed by atoms with Crippen molar-refractivity contribution in [3.63, 3.8) is 0 Å². The molecule has 9 heteroatoms. The van der Waals surface area contributed by atoms with Crippen LogP contribution in [0.25, 0.3) is 0 Å². The molecule has 0 aliphatic heterocycles. The third-order valence-corrected chi connectivity index (χ3v) is 3.04. The fourth-order valence-electron chi connectivity index (χ4n) is 1.97. The topological polar surface area (TPSA) is 94.6 Å². The van der Waals surface area contributed by atoms with E-state index in [0.29, 0.717) is 0 Å². The first-order valence-corrected chi connectivity index (χ1v) is 8.05. The Morgan fingerprint density at radius 3 is 2.42 bits per heavy atom. The first-order valence-electron chi connectivity index (χ1n) is 8.05. The molecule has 0 aliphatic rings. The number of amides is 1. The van der Waals surface area contributed by atoms with Gasteiger partial charge in [-0.3, -0.25) is 4.79 Å². The van der Waals surface area contributed by atoms with Crippen molar-refractivity contribution < 1.29 is 32.6 Å². The summed E-state index contributed by atoms with van der Waals surface area (Å²) in [6, 6.07) is 0.684. The molecule has 0 bridgehead atoms. The zero-order valence-electron chi connectivity index (χ0n) is 15.1. The van der Waals surface area contributed by atoms with Crippen LogP contribution in [0.3, 0.4) is 0 Å². The minimum Gasteiger partial charge on any atom is -0.464 e. The molecule has 0 aliphatic carbocycles. The molecule has 0 saturated heterocycles. The van der Waals surface area contributed by atoms with Crippen molar-refractivity contribution in [3.05, 3.63) is 29.6 Å². The van der Waals surface area contributed by atoms with E-state index in [1.165, 1.54) is 0 Å². The van der Waals surface area contributed by atoms with Crippen LogP contribution in [0.2, 0.25) is 0 Å². The molecule has 1 aromatic heterocycles. The van der Waals surface area contributed by atoms with Crippen molar-refractivity contribution in [2.75, 3.05) is 6.61 Å². The molecule has 1 amide bonds. The average molecular weight is 372 g/mol. The largest absolute Gasteiger partial charge is 0.464 e. The van der Waals surface area contributed by atoms with Gasteiger partial charge in [0.05, 0.1) is 12.2 Å². The van der Waals surface area contributed by atoms with Crippen molar-refractivity contribution >= 4 is 17.8 Å². The maximum absolute atomic E-state index is 13.5. The number of carbonyl (C=O) groups is 3. The van der Waals surface area contributed by atoms with Crippen molar-refractivity contribution in [1.29, 1.82) is 0 Å². The number of hydrogen-bond donors (Lipinski definition) is 1. The number of nitrogens with one attached hydrogen (secondary N) is 1. The number of halogens is 2. The molecule has 1 heterocycles. The summed E-state index contributed by atoms with van der Waals surface area (Å²) in [5, 5.41) is 2.33. The molecule has 0 radical (unpaired) electrons. The normalized spacial score (nSPS) is 12.2. The number of carbonyl (C=O) groups excluding carboxylic acids is 3. The summed E-state index contributed by atoms with van der Waals surface area (Å²) in [6.07, 6.45) is -1.28. The van der Waals surface area contributed by atoms with Crippen molar-refractivity contribution in [2.45, 2.75) is 52.2 Å². The quantitative estimate of drug-likeness (QED) is 0.449. The highest BCUT2D eigenvalue weighted by Gasteiger charge is 2.26. The summed E-state index contributed by atoms with van der Waals surface area (Å²) in [6.45, 7) is 6.63. The summed E-state index contributed by atoms with van der Waals surface area (Å²) in [4.78, 5) is 38.8. The van der Waals surface area contributed by atoms with Gasteiger partial charge < -0.3 is 14.8 Å². The van der Waals surface area contributed by atoms with Crippen molar-refractivity contribution in [3.8, 4) is 0 Å². The molecule has 0 fully saturated rings. The summed E-state index contributed by atoms with van der Waals surface area (Å²) in [5.74, 6) is -3.71. The minimum absolute atomic E-state index is 0.0792. The van der Waals surface area contributed by atoms with Gasteiger partial charge in [0.1, 0.15) is 11.6 Å². The van der Waals surface area contributed by atoms with Gasteiger partial charge in [0.2, 0.25) is 11.9 Å². The molecule has 1 rings (SSSR count). The number of esters is 1. The third kappa shape index (κ3) is 7.12. The van der Waals surface area contributed by atoms with E-state index < -0.39 is 46.9 Å². The summed E-state index contributed by atoms with van der Waals surface area (Å²) in [5.41, 5.74) is -1.17. The van der Waals surface area contributed by atoms with E-state index in [2.05, 4.69) is 10.3 Å². The Bertz CT molecular complexity index is 674. The van der Waals surface area contributed by atoms with Gasteiger partial charge in [-0.2, -0.15) is 13.8 Å². The van der Waals surface area contributed by atoms with Crippen LogP contribution in [0.5, 0.6) is 0 Å². The van der Waals surface area contributed by atoms with Crippen molar-refractivity contribution in [1.82, 2.24) is 10.3 Å². The highest BCUT2D eigenvalue weighted by Crippen LogP contribution is 2.13. The van der Waals surface area contributed by atoms with E-state index in [9.17, 15) is 23.2 Å². The van der Waals surface area contributed by atoms with Crippen LogP contribution >= 0.6 is 0 Å². The molecule has 26 heavy (non-hydrogen) atoms. The number of ketones is 1. The van der Waals surface area contributed by atoms with Gasteiger partial charge in [-0.1, -0.05) is 0 Å². The monoisotopic (exact) mass is 372 g/mol. The summed E-state index contributed by atoms with van der Waals surface area (Å²) >= 11 is 0. The van der Waals surface area contributed by atoms with Crippen molar-refractivity contribution in [2.24, 2.45) is 0 Å². The molecule has 0 aromatic carbocycles. The summed E-state index contributed by atoms with van der Waals surface area (Å²) in [7, 11) is 0. The first kappa shape index (κ1) is 21.5. The predicted molar refractivity (Wildman–Crippen MR) is 87.5 cm³/mol. The number of hydrogen-bond acceptors (Lipinski definition) is 6. The molecule has 0 saturated carbocycles. The van der Waals surface area contributed by atoms with Crippen LogP contribution in [-0.2, 0) is 14.3 Å². The lowest BCUT2D eigenvalue weighted by atomic mass is 10.0. The number of nitrogens with zero attached hydrogens (tertiary/aromatic N) is 1. The minimum atomic E-state index is -1.23. The average Bonchev–Trinajstić information content (AvgIpc) is 2.49. The van der Waals surface area contributed by atoms with Gasteiger partial charge in [-0.05, 0) is 46.2 Å². The number of pyridine rings is 1. The van der Waals surface area contributed by atoms with Gasteiger partial charge in [0.15, 0.2) is 5.78 Å². The van der Waals surface area contributed by atoms with Crippen LogP contribution in [0.15, 0.2) is 12.1 Å². The van der Waals surface area contributed by atoms with Crippen LogP contribution in [0.1, 0.15) is 50.9 Å². The molecular formula is C17H22F2N2O5. The van der Waals surface area contributed by atoms with E-state index in [-0.39, 0.29) is 19.4 Å². The van der Waals surface area contributed by atoms with E-state index in [1.54, 1.807) is 27.7 Å². The lowest BCUT2D eigenvalue weighted by molar-refractivity contribution is -0.145. The third-order valence-electron chi connectivity index (χ3n) is 3.04. The van der Waals surface area contributed by atoms with E-state index >= 15 is 0 Å². The van der Waals surface area contributed by atoms with Crippen LogP contribution < -0.4 is 5.32 Å². The Morgan fingerprint density at radius 1 is 1.23 bits per heavy atom. The maximum Gasteiger partial charge on any atom is 0.408 e. The number of rotatable bonds is 7. The Morgan fingerprint density at radius 2 is 1.88 bits per heavy atom. The van der Waals surface area contributed by atoms with Gasteiger partial charge in [-0.25, -0.2) is 9.59 Å². The number of Topliss-reactive ketones (excluding diaryl/α,β-unsaturated/α-hetero) is 1. The molecule has 1 atom stereocenters. The van der Waals surface area contributed by atoms with E-state index in [1.807, 2.05) is 0 Å². The Hall–Kier alpha value is -2.58. The van der Waals surface area contributed by atoms with E-state index in [4.69, 9.17) is 9.47 Å². The molecule has 1 aromatic rings. The van der Waals surface area contributed by atoms with Crippen LogP contribution in [0, 0.1) is 11.9 Å². The zero-order valence-corrected chi connectivity index (χ0v) is 15.1. The van der Waals surface area contributed by atoms with E-state index in [0.717, 1.165) is 12.1 Å². The molecule has 7 nitrogen and oxygen atoms in total. The smallest absolute Gasteiger partial charge is 0.408 e. The highest BCUT2D eigenvalue weighted by atomic mass is 19.1. The molecule has 0 spiro atoms. The number of aromatic nitrogens is 1. The lowest BCUT2D eigenvalue weighted by Gasteiger charge is -2.22. The molecule has 0 unspecified atom stereocenters. The maximum atomic E-state index is 13.5. The predicted octanol–water partition coefficient (Wildman–Crippen LogP) is 2.78. The van der Waals surface area contributed by atoms with Gasteiger partial charge in [0.25, 0.3) is 0 Å². The second-order valence-electron chi connectivity index (χ2n) is 6.39. The molecule has 1 N–H and O–H groups in total. The number of ether oxygens (including phenoxy) is 2. The zero-order chi connectivity index (χ0) is 19.9. The Balaban J connectivity index is 2.77. The van der Waals surface area contributed by atoms with Gasteiger partial charge in [0, 0.05) is 6.42 Å². The molecular weight excluding hydrogens is 350 g/mol. The first-order chi connectivity index (χ1) is 12.0. The number of alkyl carbamates (subject to hydrolysis) is 1. The summed E-state index contributed by atoms with van der Waals surface area (Å²) < 4.78 is 36.3. The Labute approximate surface area is 150 Å². The second-order valence-corrected chi connectivity index (χ2v) is 6.39. The fourth-order valence-corrected chi connectivity index (χ4v) is 1.97. The Kier molecular flexibility index (Phi) is 7.60. The highest BCUT2D eigenvalue weighted by molar-refractivity contribution is 5.96. The SMILES string of the molecule is CCOC(=O)[C@@H](CCC(=O)c1ccc(F)nc1F)NC(=O)OC(C)(C)C. The lowest BCUT2D eigenvalue weighted by Crippen LogP contribution is -2.44. The van der Waals surface area contributed by atoms with Gasteiger partial charge in [-0.15, -0.1) is 0 Å². The standard InChI is InChI=1S/C17H22F2N2O5/c1-5-25-15(23)11(20-16(24)26-17(2,3)4)7-8-12(22)10-6-9-13(18)21-14(10)19/h6,9,11H,5,7-8H2,1-4H3,(H,20,24)/t11-/m1/s1. The second kappa shape index (κ2) is 9.21. The van der Waals surface area contributed by atoms with Crippen LogP contribution in [-0.4, -0.2) is 41.1 Å². The fraction of sp³-hybridized carbons (Fsp3) is 0.529. The molecule has 144 valence electrons. The van der Waals surface area contributed by atoms with Crippen LogP contribution in [0.4, 0.5) is 13.6 Å². The van der Waals surface area contributed by atoms with Gasteiger partial charge >= 0.3 is 12.1 Å².